The van der Waals surface area contributed by atoms with Crippen LogP contribution in [-0.4, -0.2) is 39.2 Å². The summed E-state index contributed by atoms with van der Waals surface area (Å²) in [6.07, 6.45) is 0. The summed E-state index contributed by atoms with van der Waals surface area (Å²) in [5.41, 5.74) is 0.660. The Morgan fingerprint density at radius 3 is 2.34 bits per heavy atom. The molecule has 0 bridgehead atoms. The molecule has 32 heavy (non-hydrogen) atoms. The van der Waals surface area contributed by atoms with Crippen molar-refractivity contribution in [1.82, 2.24) is 20.0 Å². The van der Waals surface area contributed by atoms with Crippen LogP contribution in [0.4, 0.5) is 17.2 Å². The van der Waals surface area contributed by atoms with Gasteiger partial charge < -0.3 is 5.32 Å². The minimum absolute atomic E-state index is 0.000386. The Kier molecular flexibility index (Phi) is 6.41. The molecule has 168 valence electrons. The van der Waals surface area contributed by atoms with Crippen molar-refractivity contribution < 1.29 is 18.1 Å². The molecule has 1 amide bonds. The van der Waals surface area contributed by atoms with Crippen molar-refractivity contribution in [3.63, 3.8) is 0 Å². The number of anilines is 2. The molecule has 3 rings (SSSR count). The normalized spacial score (nSPS) is 12.2. The largest absolute Gasteiger partial charge is 0.324 e. The fourth-order valence-electron chi connectivity index (χ4n) is 2.94. The lowest BCUT2D eigenvalue weighted by Gasteiger charge is -2.14. The summed E-state index contributed by atoms with van der Waals surface area (Å²) in [7, 11) is -3.93. The Bertz CT molecular complexity index is 1270. The van der Waals surface area contributed by atoms with Gasteiger partial charge in [-0.3, -0.25) is 24.3 Å². The highest BCUT2D eigenvalue weighted by Gasteiger charge is 2.27. The molecule has 2 heterocycles. The van der Waals surface area contributed by atoms with E-state index in [9.17, 15) is 23.3 Å². The van der Waals surface area contributed by atoms with Crippen molar-refractivity contribution in [3.8, 4) is 0 Å². The number of sulfonamides is 1. The fourth-order valence-corrected chi connectivity index (χ4v) is 4.04. The van der Waals surface area contributed by atoms with E-state index in [0.29, 0.717) is 5.69 Å². The summed E-state index contributed by atoms with van der Waals surface area (Å²) in [5.74, 6) is -0.477. The lowest BCUT2D eigenvalue weighted by Crippen LogP contribution is -2.25. The first-order valence-corrected chi connectivity index (χ1v) is 11.0. The van der Waals surface area contributed by atoms with Crippen LogP contribution in [0, 0.1) is 24.0 Å². The summed E-state index contributed by atoms with van der Waals surface area (Å²) in [5, 5.41) is 25.2. The molecule has 0 saturated carbocycles. The molecule has 1 unspecified atom stereocenters. The van der Waals surface area contributed by atoms with Crippen molar-refractivity contribution >= 4 is 44.7 Å². The predicted molar refractivity (Wildman–Crippen MR) is 116 cm³/mol. The zero-order valence-electron chi connectivity index (χ0n) is 17.1. The second-order valence-electron chi connectivity index (χ2n) is 6.76. The molecular weight excluding hydrogens is 462 g/mol. The quantitative estimate of drug-likeness (QED) is 0.386. The second kappa shape index (κ2) is 8.88. The number of aromatic nitrogens is 4. The first-order valence-electron chi connectivity index (χ1n) is 9.12. The van der Waals surface area contributed by atoms with Crippen LogP contribution in [0.25, 0.3) is 0 Å². The molecule has 2 aromatic heterocycles. The second-order valence-corrected chi connectivity index (χ2v) is 8.83. The summed E-state index contributed by atoms with van der Waals surface area (Å²) in [6, 6.07) is 7.36. The molecule has 2 N–H and O–H groups in total. The van der Waals surface area contributed by atoms with E-state index in [2.05, 4.69) is 25.3 Å². The number of carbonyl (C=O) groups excluding carboxylic acids is 1. The molecular formula is C18H18ClN7O5S. The Balaban J connectivity index is 1.72. The number of halogens is 1. The number of nitro groups is 1. The van der Waals surface area contributed by atoms with Crippen LogP contribution in [0.5, 0.6) is 0 Å². The highest BCUT2D eigenvalue weighted by atomic mass is 35.5. The molecule has 0 spiro atoms. The van der Waals surface area contributed by atoms with Gasteiger partial charge in [0, 0.05) is 5.69 Å². The average Bonchev–Trinajstić information content (AvgIpc) is 3.03. The standard InChI is InChI=1S/C18H18ClN7O5S/c1-10-17(26(28)29)11(2)25(23-10)12(3)18(27)20-13-4-6-14(7-5-13)32(30,31)24-16-9-8-15(19)21-22-16/h4-9,12H,1-3H3,(H,20,27)(H,22,24). The zero-order chi connectivity index (χ0) is 23.6. The Hall–Kier alpha value is -3.58. The van der Waals surface area contributed by atoms with Crippen LogP contribution in [0.2, 0.25) is 5.15 Å². The third kappa shape index (κ3) is 4.84. The third-order valence-corrected chi connectivity index (χ3v) is 6.09. The topological polar surface area (TPSA) is 162 Å². The Morgan fingerprint density at radius 1 is 1.16 bits per heavy atom. The highest BCUT2D eigenvalue weighted by Crippen LogP contribution is 2.25. The predicted octanol–water partition coefficient (Wildman–Crippen LogP) is 2.85. The lowest BCUT2D eigenvalue weighted by atomic mass is 10.2. The number of nitrogens with zero attached hydrogens (tertiary/aromatic N) is 5. The van der Waals surface area contributed by atoms with Gasteiger partial charge in [0.15, 0.2) is 11.0 Å². The van der Waals surface area contributed by atoms with Gasteiger partial charge in [-0.1, -0.05) is 11.6 Å². The van der Waals surface area contributed by atoms with Crippen LogP contribution in [0.15, 0.2) is 41.3 Å². The number of aryl methyl sites for hydroxylation is 1. The lowest BCUT2D eigenvalue weighted by molar-refractivity contribution is -0.386. The van der Waals surface area contributed by atoms with Crippen LogP contribution < -0.4 is 10.0 Å². The minimum Gasteiger partial charge on any atom is -0.324 e. The maximum atomic E-state index is 12.6. The summed E-state index contributed by atoms with van der Waals surface area (Å²) in [6.45, 7) is 4.56. The molecule has 0 fully saturated rings. The number of nitrogens with one attached hydrogen (secondary N) is 2. The summed E-state index contributed by atoms with van der Waals surface area (Å²) >= 11 is 5.63. The van der Waals surface area contributed by atoms with Gasteiger partial charge in [0.2, 0.25) is 5.91 Å². The average molecular weight is 480 g/mol. The molecule has 0 saturated heterocycles. The van der Waals surface area contributed by atoms with Gasteiger partial charge in [-0.2, -0.15) is 5.10 Å². The molecule has 0 aliphatic carbocycles. The number of hydrogen-bond acceptors (Lipinski definition) is 8. The van der Waals surface area contributed by atoms with Gasteiger partial charge in [-0.25, -0.2) is 8.42 Å². The van der Waals surface area contributed by atoms with Crippen molar-refractivity contribution in [1.29, 1.82) is 0 Å². The molecule has 12 nitrogen and oxygen atoms in total. The van der Waals surface area contributed by atoms with Gasteiger partial charge in [0.1, 0.15) is 17.4 Å². The van der Waals surface area contributed by atoms with Crippen molar-refractivity contribution in [3.05, 3.63) is 63.1 Å². The van der Waals surface area contributed by atoms with Crippen LogP contribution in [0.1, 0.15) is 24.4 Å². The Morgan fingerprint density at radius 2 is 1.81 bits per heavy atom. The van der Waals surface area contributed by atoms with Gasteiger partial charge in [0.25, 0.3) is 10.0 Å². The van der Waals surface area contributed by atoms with Crippen molar-refractivity contribution in [2.24, 2.45) is 0 Å². The molecule has 0 aliphatic heterocycles. The Labute approximate surface area is 187 Å². The number of amides is 1. The minimum atomic E-state index is -3.93. The summed E-state index contributed by atoms with van der Waals surface area (Å²) < 4.78 is 28.5. The van der Waals surface area contributed by atoms with Crippen LogP contribution in [0.3, 0.4) is 0 Å². The van der Waals surface area contributed by atoms with E-state index in [1.54, 1.807) is 6.92 Å². The third-order valence-electron chi connectivity index (χ3n) is 4.52. The monoisotopic (exact) mass is 479 g/mol. The first-order chi connectivity index (χ1) is 15.0. The van der Waals surface area contributed by atoms with Gasteiger partial charge >= 0.3 is 5.69 Å². The van der Waals surface area contributed by atoms with Crippen LogP contribution >= 0.6 is 11.6 Å². The number of hydrogen-bond donors (Lipinski definition) is 2. The molecule has 3 aromatic rings. The highest BCUT2D eigenvalue weighted by molar-refractivity contribution is 7.92. The van der Waals surface area contributed by atoms with Gasteiger partial charge in [-0.15, -0.1) is 10.2 Å². The summed E-state index contributed by atoms with van der Waals surface area (Å²) in [4.78, 5) is 23.2. The number of rotatable bonds is 7. The molecule has 1 atom stereocenters. The molecule has 14 heteroatoms. The molecule has 0 aliphatic rings. The van der Waals surface area contributed by atoms with E-state index in [4.69, 9.17) is 11.6 Å². The molecule has 1 aromatic carbocycles. The SMILES string of the molecule is Cc1nn(C(C)C(=O)Nc2ccc(S(=O)(=O)Nc3ccc(Cl)nn3)cc2)c(C)c1[N+](=O)[O-]. The van der Waals surface area contributed by atoms with E-state index in [0.717, 1.165) is 0 Å². The fraction of sp³-hybridized carbons (Fsp3) is 0.222. The smallest absolute Gasteiger partial charge is 0.312 e. The van der Waals surface area contributed by atoms with Crippen molar-refractivity contribution in [2.45, 2.75) is 31.7 Å². The maximum absolute atomic E-state index is 12.6. The molecule has 0 radical (unpaired) electrons. The van der Waals surface area contributed by atoms with Crippen molar-refractivity contribution in [2.75, 3.05) is 10.0 Å². The van der Waals surface area contributed by atoms with Gasteiger partial charge in [0.05, 0.1) is 9.82 Å². The van der Waals surface area contributed by atoms with E-state index in [1.807, 2.05) is 0 Å². The van der Waals surface area contributed by atoms with E-state index >= 15 is 0 Å². The van der Waals surface area contributed by atoms with E-state index in [-0.39, 0.29) is 32.9 Å². The van der Waals surface area contributed by atoms with Crippen LogP contribution in [-0.2, 0) is 14.8 Å². The van der Waals surface area contributed by atoms with E-state index in [1.165, 1.54) is 54.9 Å². The number of benzene rings is 1. The number of carbonyl (C=O) groups is 1. The van der Waals surface area contributed by atoms with Gasteiger partial charge in [-0.05, 0) is 57.2 Å². The maximum Gasteiger partial charge on any atom is 0.312 e. The van der Waals surface area contributed by atoms with E-state index < -0.39 is 26.9 Å². The zero-order valence-corrected chi connectivity index (χ0v) is 18.7. The first kappa shape index (κ1) is 23.1.